The summed E-state index contributed by atoms with van der Waals surface area (Å²) in [5.74, 6) is 0.379. The summed E-state index contributed by atoms with van der Waals surface area (Å²) in [7, 11) is 1.28. The van der Waals surface area contributed by atoms with Crippen molar-refractivity contribution in [2.24, 2.45) is 4.99 Å². The summed E-state index contributed by atoms with van der Waals surface area (Å²) in [5, 5.41) is 0. The largest absolute Gasteiger partial charge is 0.490 e. The number of nitrogens with zero attached hydrogens (tertiary/aromatic N) is 2. The Labute approximate surface area is 234 Å². The highest BCUT2D eigenvalue weighted by molar-refractivity contribution is 7.07. The zero-order valence-electron chi connectivity index (χ0n) is 22.7. The minimum absolute atomic E-state index is 0.200. The van der Waals surface area contributed by atoms with Gasteiger partial charge in [0, 0.05) is 11.8 Å². The molecule has 0 bridgehead atoms. The van der Waals surface area contributed by atoms with Crippen LogP contribution in [-0.2, 0) is 19.1 Å². The van der Waals surface area contributed by atoms with Gasteiger partial charge in [-0.15, -0.1) is 0 Å². The number of fused-ring (bicyclic) bond motifs is 1. The average molecular weight is 567 g/mol. The van der Waals surface area contributed by atoms with Crippen LogP contribution >= 0.6 is 11.3 Å². The fourth-order valence-electron chi connectivity index (χ4n) is 4.20. The molecule has 0 N–H and O–H groups in total. The van der Waals surface area contributed by atoms with Gasteiger partial charge < -0.3 is 23.7 Å². The fraction of sp³-hybridized carbons (Fsp3) is 0.310. The van der Waals surface area contributed by atoms with Gasteiger partial charge in [-0.25, -0.2) is 14.6 Å². The fourth-order valence-corrected chi connectivity index (χ4v) is 5.16. The molecule has 3 aromatic rings. The predicted molar refractivity (Wildman–Crippen MR) is 149 cm³/mol. The second-order valence-electron chi connectivity index (χ2n) is 8.38. The molecule has 0 unspecified atom stereocenters. The first-order valence-corrected chi connectivity index (χ1v) is 13.6. The van der Waals surface area contributed by atoms with Crippen LogP contribution < -0.4 is 29.1 Å². The van der Waals surface area contributed by atoms with E-state index in [1.807, 2.05) is 13.8 Å². The van der Waals surface area contributed by atoms with Gasteiger partial charge in [0.05, 0.1) is 43.1 Å². The van der Waals surface area contributed by atoms with Gasteiger partial charge >= 0.3 is 11.9 Å². The Bertz CT molecular complexity index is 1600. The second kappa shape index (κ2) is 13.1. The van der Waals surface area contributed by atoms with Crippen molar-refractivity contribution in [3.05, 3.63) is 85.1 Å². The molecule has 40 heavy (non-hydrogen) atoms. The molecule has 11 heteroatoms. The number of esters is 2. The standard InChI is InChI=1S/C29H30N2O8S/c1-5-36-22-13-12-19(14-23(22)37-6-2)26-20(28(34)35-4)16-30-29-31(26)27(33)24(40-29)15-18-10-8-9-11-21(18)39-17-25(32)38-7-3/h8-16,26H,5-7,17H2,1-4H3/b24-15+/t26-/m1/s1. The lowest BCUT2D eigenvalue weighted by Gasteiger charge is -2.23. The Morgan fingerprint density at radius 3 is 2.45 bits per heavy atom. The van der Waals surface area contributed by atoms with Crippen LogP contribution in [0.1, 0.15) is 37.9 Å². The molecule has 10 nitrogen and oxygen atoms in total. The van der Waals surface area contributed by atoms with E-state index in [1.54, 1.807) is 55.5 Å². The molecule has 2 aromatic carbocycles. The molecule has 1 aromatic heterocycles. The average Bonchev–Trinajstić information content (AvgIpc) is 3.27. The number of aromatic nitrogens is 1. The van der Waals surface area contributed by atoms with E-state index in [4.69, 9.17) is 23.7 Å². The van der Waals surface area contributed by atoms with E-state index in [1.165, 1.54) is 29.2 Å². The Balaban J connectivity index is 1.82. The van der Waals surface area contributed by atoms with Gasteiger partial charge in [0.15, 0.2) is 22.9 Å². The van der Waals surface area contributed by atoms with Gasteiger partial charge in [-0.2, -0.15) is 0 Å². The van der Waals surface area contributed by atoms with Crippen molar-refractivity contribution in [3.63, 3.8) is 0 Å². The number of methoxy groups -OCH3 is 1. The lowest BCUT2D eigenvalue weighted by molar-refractivity contribution is -0.145. The van der Waals surface area contributed by atoms with Crippen LogP contribution in [0.25, 0.3) is 6.08 Å². The van der Waals surface area contributed by atoms with Gasteiger partial charge in [0.1, 0.15) is 5.75 Å². The first-order valence-electron chi connectivity index (χ1n) is 12.8. The van der Waals surface area contributed by atoms with Crippen LogP contribution in [-0.4, -0.2) is 50.0 Å². The van der Waals surface area contributed by atoms with Crippen molar-refractivity contribution >= 4 is 29.4 Å². The van der Waals surface area contributed by atoms with Crippen LogP contribution in [0.15, 0.2) is 64.0 Å². The Morgan fingerprint density at radius 2 is 1.73 bits per heavy atom. The van der Waals surface area contributed by atoms with Gasteiger partial charge in [-0.1, -0.05) is 35.6 Å². The minimum atomic E-state index is -0.809. The number of carbonyl (C=O) groups is 2. The normalized spacial score (nSPS) is 14.4. The Kier molecular flexibility index (Phi) is 9.39. The molecule has 0 saturated carbocycles. The van der Waals surface area contributed by atoms with E-state index in [-0.39, 0.29) is 24.3 Å². The maximum atomic E-state index is 13.8. The van der Waals surface area contributed by atoms with E-state index in [9.17, 15) is 14.4 Å². The molecule has 0 amide bonds. The Hall–Kier alpha value is -4.38. The number of benzene rings is 2. The van der Waals surface area contributed by atoms with Crippen LogP contribution in [0.2, 0.25) is 0 Å². The molecule has 2 heterocycles. The van der Waals surface area contributed by atoms with Crippen molar-refractivity contribution in [1.82, 2.24) is 4.57 Å². The molecule has 1 aliphatic heterocycles. The summed E-state index contributed by atoms with van der Waals surface area (Å²) in [6.45, 7) is 6.30. The molecule has 0 aliphatic carbocycles. The lowest BCUT2D eigenvalue weighted by Crippen LogP contribution is -2.39. The Morgan fingerprint density at radius 1 is 0.975 bits per heavy atom. The zero-order chi connectivity index (χ0) is 28.6. The molecule has 0 fully saturated rings. The van der Waals surface area contributed by atoms with Gasteiger partial charge in [0.2, 0.25) is 0 Å². The molecule has 1 aliphatic rings. The van der Waals surface area contributed by atoms with E-state index in [0.29, 0.717) is 50.9 Å². The van der Waals surface area contributed by atoms with Gasteiger partial charge in [-0.05, 0) is 50.6 Å². The van der Waals surface area contributed by atoms with Crippen LogP contribution in [0.4, 0.5) is 0 Å². The SMILES string of the molecule is CCOC(=O)COc1ccccc1/C=c1/sc2n(c1=O)[C@H](c1ccc(OCC)c(OCC)c1)C(C(=O)OC)=CN=2. The number of rotatable bonds is 11. The minimum Gasteiger partial charge on any atom is -0.490 e. The number of ether oxygens (including phenoxy) is 5. The smallest absolute Gasteiger partial charge is 0.344 e. The summed E-state index contributed by atoms with van der Waals surface area (Å²) in [6.07, 6.45) is 3.10. The van der Waals surface area contributed by atoms with Crippen molar-refractivity contribution in [1.29, 1.82) is 0 Å². The highest BCUT2D eigenvalue weighted by atomic mass is 32.1. The van der Waals surface area contributed by atoms with Crippen LogP contribution in [0.3, 0.4) is 0 Å². The van der Waals surface area contributed by atoms with E-state index in [2.05, 4.69) is 4.99 Å². The maximum absolute atomic E-state index is 13.8. The quantitative estimate of drug-likeness (QED) is 0.326. The van der Waals surface area contributed by atoms with Crippen LogP contribution in [0, 0.1) is 0 Å². The third-order valence-corrected chi connectivity index (χ3v) is 6.86. The number of thiazole rings is 1. The van der Waals surface area contributed by atoms with Crippen LogP contribution in [0.5, 0.6) is 17.2 Å². The van der Waals surface area contributed by atoms with Crippen molar-refractivity contribution < 1.29 is 33.3 Å². The van der Waals surface area contributed by atoms with Crippen molar-refractivity contribution in [2.75, 3.05) is 33.5 Å². The molecular weight excluding hydrogens is 536 g/mol. The zero-order valence-corrected chi connectivity index (χ0v) is 23.5. The first kappa shape index (κ1) is 28.6. The molecular formula is C29H30N2O8S. The molecule has 4 rings (SSSR count). The summed E-state index contributed by atoms with van der Waals surface area (Å²) < 4.78 is 28.9. The predicted octanol–water partition coefficient (Wildman–Crippen LogP) is 2.76. The highest BCUT2D eigenvalue weighted by Crippen LogP contribution is 2.35. The summed E-state index contributed by atoms with van der Waals surface area (Å²) >= 11 is 1.17. The third-order valence-electron chi connectivity index (χ3n) is 5.86. The topological polar surface area (TPSA) is 115 Å². The molecule has 0 saturated heterocycles. The van der Waals surface area contributed by atoms with E-state index in [0.717, 1.165) is 0 Å². The highest BCUT2D eigenvalue weighted by Gasteiger charge is 2.31. The van der Waals surface area contributed by atoms with E-state index < -0.39 is 18.0 Å². The number of carbonyl (C=O) groups excluding carboxylic acids is 2. The number of hydrogen-bond donors (Lipinski definition) is 0. The van der Waals surface area contributed by atoms with Crippen molar-refractivity contribution in [3.8, 4) is 17.2 Å². The van der Waals surface area contributed by atoms with E-state index >= 15 is 0 Å². The summed E-state index contributed by atoms with van der Waals surface area (Å²) in [4.78, 5) is 43.2. The number of hydrogen-bond acceptors (Lipinski definition) is 10. The summed E-state index contributed by atoms with van der Waals surface area (Å²) in [5.41, 5.74) is 1.08. The molecule has 0 spiro atoms. The second-order valence-corrected chi connectivity index (χ2v) is 9.39. The van der Waals surface area contributed by atoms with Gasteiger partial charge in [-0.3, -0.25) is 9.36 Å². The van der Waals surface area contributed by atoms with Crippen molar-refractivity contribution in [2.45, 2.75) is 26.8 Å². The first-order chi connectivity index (χ1) is 19.4. The maximum Gasteiger partial charge on any atom is 0.344 e. The molecule has 210 valence electrons. The number of para-hydroxylation sites is 1. The summed E-state index contributed by atoms with van der Waals surface area (Å²) in [6, 6.07) is 11.5. The molecule has 0 radical (unpaired) electrons. The third kappa shape index (κ3) is 6.09. The van der Waals surface area contributed by atoms with Gasteiger partial charge in [0.25, 0.3) is 5.56 Å². The molecule has 1 atom stereocenters. The monoisotopic (exact) mass is 566 g/mol. The lowest BCUT2D eigenvalue weighted by atomic mass is 9.97.